The summed E-state index contributed by atoms with van der Waals surface area (Å²) in [7, 11) is -2.45. The molecule has 0 radical (unpaired) electrons. The van der Waals surface area contributed by atoms with Crippen molar-refractivity contribution in [1.82, 2.24) is 5.32 Å². The van der Waals surface area contributed by atoms with Crippen LogP contribution in [0.15, 0.2) is 59.5 Å². The van der Waals surface area contributed by atoms with Gasteiger partial charge in [0.1, 0.15) is 12.3 Å². The normalized spacial score (nSPS) is 23.0. The quantitative estimate of drug-likeness (QED) is 0.755. The Kier molecular flexibility index (Phi) is 5.50. The van der Waals surface area contributed by atoms with E-state index in [1.54, 1.807) is 42.5 Å². The molecule has 6 nitrogen and oxygen atoms in total. The molecule has 0 aromatic heterocycles. The summed E-state index contributed by atoms with van der Waals surface area (Å²) in [5, 5.41) is 3.09. The van der Waals surface area contributed by atoms with E-state index in [9.17, 15) is 13.2 Å². The van der Waals surface area contributed by atoms with Crippen LogP contribution in [0.25, 0.3) is 0 Å². The number of sulfonamides is 1. The third-order valence-electron chi connectivity index (χ3n) is 6.06. The number of amides is 1. The Morgan fingerprint density at radius 3 is 2.45 bits per heavy atom. The van der Waals surface area contributed by atoms with Crippen LogP contribution in [-0.4, -0.2) is 34.0 Å². The summed E-state index contributed by atoms with van der Waals surface area (Å²) in [5.41, 5.74) is 0.349. The molecule has 2 aliphatic carbocycles. The molecule has 0 aliphatic heterocycles. The van der Waals surface area contributed by atoms with Gasteiger partial charge in [0.2, 0.25) is 5.91 Å². The molecule has 2 fully saturated rings. The first-order chi connectivity index (χ1) is 14.0. The maximum Gasteiger partial charge on any atom is 0.264 e. The first kappa shape index (κ1) is 19.8. The van der Waals surface area contributed by atoms with Gasteiger partial charge < -0.3 is 10.1 Å². The van der Waals surface area contributed by atoms with E-state index < -0.39 is 10.0 Å². The van der Waals surface area contributed by atoms with Crippen molar-refractivity contribution in [3.05, 3.63) is 54.6 Å². The second kappa shape index (κ2) is 8.06. The minimum atomic E-state index is -3.93. The number of benzene rings is 2. The lowest BCUT2D eigenvalue weighted by atomic mass is 9.95. The highest BCUT2D eigenvalue weighted by atomic mass is 32.2. The molecule has 7 heteroatoms. The highest BCUT2D eigenvalue weighted by Crippen LogP contribution is 2.44. The van der Waals surface area contributed by atoms with Crippen LogP contribution in [0, 0.1) is 11.8 Å². The number of nitrogens with zero attached hydrogens (tertiary/aromatic N) is 1. The predicted molar refractivity (Wildman–Crippen MR) is 111 cm³/mol. The summed E-state index contributed by atoms with van der Waals surface area (Å²) in [6.45, 7) is -0.286. The number of methoxy groups -OCH3 is 1. The van der Waals surface area contributed by atoms with E-state index >= 15 is 0 Å². The Balaban J connectivity index is 1.62. The molecule has 1 amide bonds. The monoisotopic (exact) mass is 414 g/mol. The van der Waals surface area contributed by atoms with E-state index in [-0.39, 0.29) is 23.4 Å². The predicted octanol–water partition coefficient (Wildman–Crippen LogP) is 3.20. The van der Waals surface area contributed by atoms with E-state index in [1.807, 2.05) is 0 Å². The van der Waals surface area contributed by atoms with Crippen molar-refractivity contribution in [2.75, 3.05) is 18.0 Å². The van der Waals surface area contributed by atoms with Gasteiger partial charge in [0, 0.05) is 6.04 Å². The Hall–Kier alpha value is -2.54. The Morgan fingerprint density at radius 1 is 1.07 bits per heavy atom. The average Bonchev–Trinajstić information content (AvgIpc) is 3.36. The number of hydrogen-bond donors (Lipinski definition) is 1. The van der Waals surface area contributed by atoms with Crippen molar-refractivity contribution in [2.45, 2.75) is 36.6 Å². The van der Waals surface area contributed by atoms with Gasteiger partial charge in [-0.2, -0.15) is 0 Å². The Bertz CT molecular complexity index is 977. The number of nitrogens with one attached hydrogen (secondary N) is 1. The topological polar surface area (TPSA) is 75.7 Å². The van der Waals surface area contributed by atoms with Crippen LogP contribution in [0.3, 0.4) is 0 Å². The van der Waals surface area contributed by atoms with Crippen LogP contribution in [-0.2, 0) is 14.8 Å². The molecule has 3 atom stereocenters. The van der Waals surface area contributed by atoms with Crippen molar-refractivity contribution < 1.29 is 17.9 Å². The number of hydrogen-bond acceptors (Lipinski definition) is 4. The van der Waals surface area contributed by atoms with Crippen LogP contribution in [0.5, 0.6) is 5.75 Å². The van der Waals surface area contributed by atoms with E-state index in [1.165, 1.54) is 32.1 Å². The molecule has 1 N–H and O–H groups in total. The molecule has 2 aliphatic rings. The zero-order valence-corrected chi connectivity index (χ0v) is 17.3. The summed E-state index contributed by atoms with van der Waals surface area (Å²) in [6.07, 6.45) is 4.56. The van der Waals surface area contributed by atoms with Crippen molar-refractivity contribution in [1.29, 1.82) is 0 Å². The summed E-state index contributed by atoms with van der Waals surface area (Å²) in [6, 6.07) is 15.2. The second-order valence-electron chi connectivity index (χ2n) is 7.85. The standard InChI is InChI=1S/C22H26N2O4S/c1-28-21-10-6-5-9-20(21)24(29(26,27)18-7-3-2-4-8-18)15-22(25)23-19-14-16-11-12-17(19)13-16/h2-10,16-17,19H,11-15H2,1H3,(H,23,25)/t16-,17-,19-/m0/s1. The molecule has 0 heterocycles. The second-order valence-corrected chi connectivity index (χ2v) is 9.71. The SMILES string of the molecule is COc1ccccc1N(CC(=O)N[C@H]1C[C@H]2CC[C@H]1C2)S(=O)(=O)c1ccccc1. The molecule has 2 aromatic rings. The fraction of sp³-hybridized carbons (Fsp3) is 0.409. The Morgan fingerprint density at radius 2 is 1.79 bits per heavy atom. The zero-order valence-electron chi connectivity index (χ0n) is 16.5. The number of carbonyl (C=O) groups is 1. The van der Waals surface area contributed by atoms with Crippen molar-refractivity contribution in [2.24, 2.45) is 11.8 Å². The van der Waals surface area contributed by atoms with Crippen molar-refractivity contribution in [3.8, 4) is 5.75 Å². The van der Waals surface area contributed by atoms with E-state index in [0.717, 1.165) is 17.1 Å². The first-order valence-electron chi connectivity index (χ1n) is 9.99. The molecular formula is C22H26N2O4S. The van der Waals surface area contributed by atoms with Gasteiger partial charge in [-0.05, 0) is 55.4 Å². The summed E-state index contributed by atoms with van der Waals surface area (Å²) in [5.74, 6) is 1.34. The van der Waals surface area contributed by atoms with Crippen LogP contribution in [0.4, 0.5) is 5.69 Å². The number of ether oxygens (including phenoxy) is 1. The largest absolute Gasteiger partial charge is 0.495 e. The molecular weight excluding hydrogens is 388 g/mol. The molecule has 2 saturated carbocycles. The van der Waals surface area contributed by atoms with E-state index in [0.29, 0.717) is 23.3 Å². The van der Waals surface area contributed by atoms with E-state index in [2.05, 4.69) is 5.32 Å². The van der Waals surface area contributed by atoms with Gasteiger partial charge in [0.25, 0.3) is 10.0 Å². The molecule has 0 saturated heterocycles. The third kappa shape index (κ3) is 3.96. The fourth-order valence-electron chi connectivity index (χ4n) is 4.66. The van der Waals surface area contributed by atoms with Crippen LogP contribution in [0.1, 0.15) is 25.7 Å². The van der Waals surface area contributed by atoms with Gasteiger partial charge in [0.15, 0.2) is 0 Å². The molecule has 154 valence electrons. The number of anilines is 1. The number of para-hydroxylation sites is 2. The minimum absolute atomic E-state index is 0.138. The average molecular weight is 415 g/mol. The fourth-order valence-corrected chi connectivity index (χ4v) is 6.11. The third-order valence-corrected chi connectivity index (χ3v) is 7.83. The zero-order chi connectivity index (χ0) is 20.4. The Labute approximate surface area is 171 Å². The van der Waals surface area contributed by atoms with Crippen molar-refractivity contribution in [3.63, 3.8) is 0 Å². The molecule has 0 unspecified atom stereocenters. The summed E-state index contributed by atoms with van der Waals surface area (Å²) < 4.78 is 33.3. The lowest BCUT2D eigenvalue weighted by molar-refractivity contribution is -0.120. The smallest absolute Gasteiger partial charge is 0.264 e. The molecule has 2 aromatic carbocycles. The first-order valence-corrected chi connectivity index (χ1v) is 11.4. The number of fused-ring (bicyclic) bond motifs is 2. The van der Waals surface area contributed by atoms with Crippen molar-refractivity contribution >= 4 is 21.6 Å². The highest BCUT2D eigenvalue weighted by Gasteiger charge is 2.40. The number of carbonyl (C=O) groups excluding carboxylic acids is 1. The maximum atomic E-state index is 13.4. The van der Waals surface area contributed by atoms with Gasteiger partial charge >= 0.3 is 0 Å². The summed E-state index contributed by atoms with van der Waals surface area (Å²) in [4.78, 5) is 13.0. The lowest BCUT2D eigenvalue weighted by Crippen LogP contribution is -2.46. The van der Waals surface area contributed by atoms with Gasteiger partial charge in [-0.15, -0.1) is 0 Å². The number of rotatable bonds is 7. The van der Waals surface area contributed by atoms with Crippen LogP contribution < -0.4 is 14.4 Å². The van der Waals surface area contributed by atoms with Gasteiger partial charge in [-0.1, -0.05) is 36.8 Å². The molecule has 2 bridgehead atoms. The van der Waals surface area contributed by atoms with Crippen LogP contribution >= 0.6 is 0 Å². The van der Waals surface area contributed by atoms with Gasteiger partial charge in [0.05, 0.1) is 17.7 Å². The van der Waals surface area contributed by atoms with E-state index in [4.69, 9.17) is 4.74 Å². The van der Waals surface area contributed by atoms with Gasteiger partial charge in [-0.25, -0.2) is 8.42 Å². The summed E-state index contributed by atoms with van der Waals surface area (Å²) >= 11 is 0. The molecule has 29 heavy (non-hydrogen) atoms. The highest BCUT2D eigenvalue weighted by molar-refractivity contribution is 7.92. The maximum absolute atomic E-state index is 13.4. The minimum Gasteiger partial charge on any atom is -0.495 e. The molecule has 0 spiro atoms. The molecule has 4 rings (SSSR count). The lowest BCUT2D eigenvalue weighted by Gasteiger charge is -2.28. The van der Waals surface area contributed by atoms with Crippen LogP contribution in [0.2, 0.25) is 0 Å². The van der Waals surface area contributed by atoms with Gasteiger partial charge in [-0.3, -0.25) is 9.10 Å².